The number of hydrogen-bond donors (Lipinski definition) is 3. The van der Waals surface area contributed by atoms with Gasteiger partial charge in [-0.3, -0.25) is 14.8 Å². The predicted molar refractivity (Wildman–Crippen MR) is 107 cm³/mol. The number of carbonyl (C=O) groups excluding carboxylic acids is 1. The average Bonchev–Trinajstić information content (AvgIpc) is 3.02. The normalized spacial score (nSPS) is 13.9. The zero-order valence-corrected chi connectivity index (χ0v) is 15.2. The zero-order chi connectivity index (χ0) is 19.5. The van der Waals surface area contributed by atoms with Gasteiger partial charge in [-0.15, -0.1) is 0 Å². The molecule has 0 aliphatic carbocycles. The number of nitrogens with one attached hydrogen (secondary N) is 3. The molecule has 0 radical (unpaired) electrons. The van der Waals surface area contributed by atoms with Crippen molar-refractivity contribution in [1.82, 2.24) is 9.97 Å². The third-order valence-corrected chi connectivity index (χ3v) is 4.36. The number of rotatable bonds is 5. The first-order valence-electron chi connectivity index (χ1n) is 8.78. The molecule has 0 unspecified atom stereocenters. The van der Waals surface area contributed by atoms with E-state index in [4.69, 9.17) is 0 Å². The highest BCUT2D eigenvalue weighted by Crippen LogP contribution is 2.31. The molecule has 2 aromatic carbocycles. The molecule has 3 aromatic rings. The van der Waals surface area contributed by atoms with Crippen molar-refractivity contribution >= 4 is 28.5 Å². The van der Waals surface area contributed by atoms with Gasteiger partial charge in [-0.1, -0.05) is 18.2 Å². The Morgan fingerprint density at radius 1 is 1.14 bits per heavy atom. The summed E-state index contributed by atoms with van der Waals surface area (Å²) in [5.41, 5.74) is 4.56. The summed E-state index contributed by atoms with van der Waals surface area (Å²) < 4.78 is 14.4. The number of para-hydroxylation sites is 1. The minimum Gasteiger partial charge on any atom is -0.377 e. The van der Waals surface area contributed by atoms with Crippen LogP contribution >= 0.6 is 0 Å². The Morgan fingerprint density at radius 2 is 2.00 bits per heavy atom. The van der Waals surface area contributed by atoms with Crippen LogP contribution in [0.25, 0.3) is 5.57 Å². The van der Waals surface area contributed by atoms with Gasteiger partial charge < -0.3 is 16.0 Å². The monoisotopic (exact) mass is 375 g/mol. The Morgan fingerprint density at radius 3 is 2.79 bits per heavy atom. The molecule has 1 aliphatic heterocycles. The number of halogens is 1. The number of benzene rings is 2. The van der Waals surface area contributed by atoms with Crippen LogP contribution < -0.4 is 16.0 Å². The van der Waals surface area contributed by atoms with E-state index in [9.17, 15) is 9.18 Å². The first-order chi connectivity index (χ1) is 13.6. The lowest BCUT2D eigenvalue weighted by molar-refractivity contribution is -0.110. The SMILES string of the molecule is Cc1cnc(CNc2ccc(N/C=C3/C(=O)Nc4ccccc43)cc2F)cn1. The van der Waals surface area contributed by atoms with E-state index in [1.54, 1.807) is 30.7 Å². The summed E-state index contributed by atoms with van der Waals surface area (Å²) in [6.45, 7) is 2.23. The molecule has 0 spiro atoms. The molecule has 0 saturated carbocycles. The van der Waals surface area contributed by atoms with Gasteiger partial charge in [0.1, 0.15) is 5.82 Å². The minimum absolute atomic E-state index is 0.188. The Balaban J connectivity index is 1.45. The van der Waals surface area contributed by atoms with E-state index in [1.807, 2.05) is 31.2 Å². The maximum Gasteiger partial charge on any atom is 0.257 e. The smallest absolute Gasteiger partial charge is 0.257 e. The van der Waals surface area contributed by atoms with Gasteiger partial charge in [0.05, 0.1) is 35.4 Å². The van der Waals surface area contributed by atoms with Crippen molar-refractivity contribution in [2.45, 2.75) is 13.5 Å². The van der Waals surface area contributed by atoms with Crippen LogP contribution in [-0.2, 0) is 11.3 Å². The third kappa shape index (κ3) is 3.68. The number of aromatic nitrogens is 2. The van der Waals surface area contributed by atoms with E-state index in [2.05, 4.69) is 25.9 Å². The summed E-state index contributed by atoms with van der Waals surface area (Å²) in [7, 11) is 0. The first kappa shape index (κ1) is 17.7. The molecule has 0 bridgehead atoms. The van der Waals surface area contributed by atoms with Crippen molar-refractivity contribution in [3.05, 3.63) is 83.8 Å². The quantitative estimate of drug-likeness (QED) is 0.589. The fraction of sp³-hybridized carbons (Fsp3) is 0.0952. The van der Waals surface area contributed by atoms with Crippen LogP contribution in [0.5, 0.6) is 0 Å². The fourth-order valence-corrected chi connectivity index (χ4v) is 2.88. The highest BCUT2D eigenvalue weighted by molar-refractivity contribution is 6.31. The molecule has 0 atom stereocenters. The maximum atomic E-state index is 14.4. The van der Waals surface area contributed by atoms with Crippen LogP contribution in [0.2, 0.25) is 0 Å². The highest BCUT2D eigenvalue weighted by atomic mass is 19.1. The molecule has 1 aliphatic rings. The predicted octanol–water partition coefficient (Wildman–Crippen LogP) is 3.94. The lowest BCUT2D eigenvalue weighted by Crippen LogP contribution is -2.06. The van der Waals surface area contributed by atoms with Crippen molar-refractivity contribution in [1.29, 1.82) is 0 Å². The van der Waals surface area contributed by atoms with E-state index >= 15 is 0 Å². The molecule has 3 N–H and O–H groups in total. The summed E-state index contributed by atoms with van der Waals surface area (Å²) in [6.07, 6.45) is 4.92. The molecule has 1 amide bonds. The Bertz CT molecular complexity index is 1060. The van der Waals surface area contributed by atoms with Crippen molar-refractivity contribution in [3.8, 4) is 0 Å². The molecule has 0 fully saturated rings. The summed E-state index contributed by atoms with van der Waals surface area (Å²) >= 11 is 0. The fourth-order valence-electron chi connectivity index (χ4n) is 2.88. The number of nitrogens with zero attached hydrogens (tertiary/aromatic N) is 2. The molecule has 0 saturated heterocycles. The van der Waals surface area contributed by atoms with E-state index in [-0.39, 0.29) is 5.91 Å². The number of carbonyl (C=O) groups is 1. The van der Waals surface area contributed by atoms with Crippen molar-refractivity contribution in [3.63, 3.8) is 0 Å². The van der Waals surface area contributed by atoms with E-state index in [0.29, 0.717) is 23.5 Å². The second kappa shape index (κ2) is 7.48. The highest BCUT2D eigenvalue weighted by Gasteiger charge is 2.23. The van der Waals surface area contributed by atoms with Gasteiger partial charge in [0.2, 0.25) is 0 Å². The number of anilines is 3. The van der Waals surface area contributed by atoms with Gasteiger partial charge in [-0.2, -0.15) is 0 Å². The molecule has 28 heavy (non-hydrogen) atoms. The van der Waals surface area contributed by atoms with Gasteiger partial charge in [0, 0.05) is 29.3 Å². The zero-order valence-electron chi connectivity index (χ0n) is 15.2. The molecule has 140 valence electrons. The molecule has 7 heteroatoms. The molecular formula is C21H18FN5O. The van der Waals surface area contributed by atoms with Gasteiger partial charge in [-0.05, 0) is 31.2 Å². The summed E-state index contributed by atoms with van der Waals surface area (Å²) in [5, 5.41) is 8.80. The molecule has 1 aromatic heterocycles. The van der Waals surface area contributed by atoms with E-state index < -0.39 is 5.82 Å². The summed E-state index contributed by atoms with van der Waals surface area (Å²) in [6, 6.07) is 12.2. The van der Waals surface area contributed by atoms with Crippen LogP contribution in [0.3, 0.4) is 0 Å². The second-order valence-corrected chi connectivity index (χ2v) is 6.40. The molecule has 2 heterocycles. The van der Waals surface area contributed by atoms with E-state index in [0.717, 1.165) is 22.6 Å². The molecule has 6 nitrogen and oxygen atoms in total. The van der Waals surface area contributed by atoms with Gasteiger partial charge in [0.15, 0.2) is 0 Å². The van der Waals surface area contributed by atoms with Crippen LogP contribution in [0.1, 0.15) is 17.0 Å². The average molecular weight is 375 g/mol. The largest absolute Gasteiger partial charge is 0.377 e. The summed E-state index contributed by atoms with van der Waals surface area (Å²) in [4.78, 5) is 20.5. The van der Waals surface area contributed by atoms with E-state index in [1.165, 1.54) is 6.07 Å². The topological polar surface area (TPSA) is 78.9 Å². The Labute approximate surface area is 161 Å². The van der Waals surface area contributed by atoms with Crippen molar-refractivity contribution in [2.75, 3.05) is 16.0 Å². The third-order valence-electron chi connectivity index (χ3n) is 4.36. The lowest BCUT2D eigenvalue weighted by atomic mass is 10.1. The molecular weight excluding hydrogens is 357 g/mol. The number of fused-ring (bicyclic) bond motifs is 1. The lowest BCUT2D eigenvalue weighted by Gasteiger charge is -2.09. The van der Waals surface area contributed by atoms with Crippen LogP contribution in [0.15, 0.2) is 61.1 Å². The van der Waals surface area contributed by atoms with Crippen molar-refractivity contribution < 1.29 is 9.18 Å². The van der Waals surface area contributed by atoms with Gasteiger partial charge >= 0.3 is 0 Å². The van der Waals surface area contributed by atoms with Crippen LogP contribution in [-0.4, -0.2) is 15.9 Å². The van der Waals surface area contributed by atoms with Gasteiger partial charge in [0.25, 0.3) is 5.91 Å². The maximum absolute atomic E-state index is 14.4. The molecule has 4 rings (SSSR count). The van der Waals surface area contributed by atoms with Crippen LogP contribution in [0, 0.1) is 12.7 Å². The number of aryl methyl sites for hydroxylation is 1. The first-order valence-corrected chi connectivity index (χ1v) is 8.78. The Kier molecular flexibility index (Phi) is 4.72. The minimum atomic E-state index is -0.403. The van der Waals surface area contributed by atoms with Gasteiger partial charge in [-0.25, -0.2) is 4.39 Å². The number of amides is 1. The number of hydrogen-bond acceptors (Lipinski definition) is 5. The Hall–Kier alpha value is -3.74. The van der Waals surface area contributed by atoms with Crippen molar-refractivity contribution in [2.24, 2.45) is 0 Å². The second-order valence-electron chi connectivity index (χ2n) is 6.40. The van der Waals surface area contributed by atoms with Crippen LogP contribution in [0.4, 0.5) is 21.5 Å². The summed E-state index contributed by atoms with van der Waals surface area (Å²) in [5.74, 6) is -0.591. The standard InChI is InChI=1S/C21H18FN5O/c1-13-9-24-15(10-23-13)11-26-20-7-6-14(8-18(20)22)25-12-17-16-4-2-3-5-19(16)27-21(17)28/h2-10,12,25-26H,11H2,1H3,(H,27,28)/b17-12+.